The van der Waals surface area contributed by atoms with Crippen molar-refractivity contribution in [2.75, 3.05) is 5.73 Å². The Morgan fingerprint density at radius 3 is 2.45 bits per heavy atom. The summed E-state index contributed by atoms with van der Waals surface area (Å²) in [4.78, 5) is 0.238. The van der Waals surface area contributed by atoms with E-state index in [1.165, 1.54) is 12.8 Å². The maximum Gasteiger partial charge on any atom is 0.243 e. The van der Waals surface area contributed by atoms with Gasteiger partial charge in [0.15, 0.2) is 0 Å². The van der Waals surface area contributed by atoms with Gasteiger partial charge in [-0.15, -0.1) is 0 Å². The number of sulfonamides is 1. The van der Waals surface area contributed by atoms with Crippen molar-refractivity contribution in [3.63, 3.8) is 0 Å². The minimum absolute atomic E-state index is 0.0400. The smallest absolute Gasteiger partial charge is 0.243 e. The molecule has 4 nitrogen and oxygen atoms in total. The van der Waals surface area contributed by atoms with Crippen molar-refractivity contribution in [3.05, 3.63) is 23.3 Å². The summed E-state index contributed by atoms with van der Waals surface area (Å²) in [7, 11) is -3.56. The Morgan fingerprint density at radius 1 is 1.25 bits per heavy atom. The topological polar surface area (TPSA) is 72.2 Å². The van der Waals surface area contributed by atoms with E-state index in [1.54, 1.807) is 13.0 Å². The second-order valence-corrected chi connectivity index (χ2v) is 7.53. The van der Waals surface area contributed by atoms with Gasteiger partial charge in [-0.25, -0.2) is 13.1 Å². The van der Waals surface area contributed by atoms with Crippen LogP contribution in [0.15, 0.2) is 17.0 Å². The lowest BCUT2D eigenvalue weighted by Gasteiger charge is -2.22. The van der Waals surface area contributed by atoms with Crippen molar-refractivity contribution >= 4 is 15.7 Å². The first-order valence-electron chi connectivity index (χ1n) is 7.21. The molecule has 1 unspecified atom stereocenters. The summed E-state index contributed by atoms with van der Waals surface area (Å²) in [5.41, 5.74) is 7.88. The van der Waals surface area contributed by atoms with Crippen LogP contribution in [0.3, 0.4) is 0 Å². The molecule has 3 N–H and O–H groups in total. The van der Waals surface area contributed by atoms with E-state index in [0.29, 0.717) is 11.6 Å². The fourth-order valence-corrected chi connectivity index (χ4v) is 4.77. The van der Waals surface area contributed by atoms with E-state index in [4.69, 9.17) is 5.73 Å². The number of anilines is 1. The zero-order valence-corrected chi connectivity index (χ0v) is 13.3. The monoisotopic (exact) mass is 296 g/mol. The second-order valence-electron chi connectivity index (χ2n) is 5.88. The Labute approximate surface area is 121 Å². The summed E-state index contributed by atoms with van der Waals surface area (Å²) in [6.45, 7) is 5.66. The lowest BCUT2D eigenvalue weighted by Crippen LogP contribution is -2.37. The van der Waals surface area contributed by atoms with Crippen LogP contribution in [0.2, 0.25) is 0 Å². The molecule has 1 fully saturated rings. The first-order chi connectivity index (χ1) is 9.33. The Kier molecular flexibility index (Phi) is 4.39. The number of hydrogen-bond acceptors (Lipinski definition) is 3. The number of benzene rings is 1. The van der Waals surface area contributed by atoms with E-state index in [0.717, 1.165) is 24.0 Å². The SMILES string of the molecule is Cc1ccc(N)c(S(=O)(=O)NC(C)C2CCCC2)c1C. The second kappa shape index (κ2) is 5.74. The Morgan fingerprint density at radius 2 is 1.85 bits per heavy atom. The minimum Gasteiger partial charge on any atom is -0.398 e. The van der Waals surface area contributed by atoms with Crippen molar-refractivity contribution in [3.8, 4) is 0 Å². The van der Waals surface area contributed by atoms with Crippen molar-refractivity contribution in [2.45, 2.75) is 57.4 Å². The van der Waals surface area contributed by atoms with E-state index >= 15 is 0 Å². The Bertz CT molecular complexity index is 590. The number of nitrogens with one attached hydrogen (secondary N) is 1. The van der Waals surface area contributed by atoms with Gasteiger partial charge in [-0.05, 0) is 56.7 Å². The van der Waals surface area contributed by atoms with Crippen LogP contribution in [0.5, 0.6) is 0 Å². The molecular weight excluding hydrogens is 272 g/mol. The van der Waals surface area contributed by atoms with Crippen molar-refractivity contribution in [2.24, 2.45) is 5.92 Å². The fraction of sp³-hybridized carbons (Fsp3) is 0.600. The van der Waals surface area contributed by atoms with E-state index in [1.807, 2.05) is 19.9 Å². The predicted molar refractivity (Wildman–Crippen MR) is 82.1 cm³/mol. The van der Waals surface area contributed by atoms with Gasteiger partial charge < -0.3 is 5.73 Å². The average molecular weight is 296 g/mol. The minimum atomic E-state index is -3.56. The zero-order chi connectivity index (χ0) is 14.9. The molecule has 0 saturated heterocycles. The molecule has 1 aromatic rings. The van der Waals surface area contributed by atoms with Crippen LogP contribution < -0.4 is 10.5 Å². The van der Waals surface area contributed by atoms with Gasteiger partial charge in [0.2, 0.25) is 10.0 Å². The number of rotatable bonds is 4. The highest BCUT2D eigenvalue weighted by Gasteiger charge is 2.28. The third kappa shape index (κ3) is 2.99. The van der Waals surface area contributed by atoms with Gasteiger partial charge in [-0.1, -0.05) is 18.9 Å². The third-order valence-electron chi connectivity index (χ3n) is 4.42. The molecule has 1 aliphatic rings. The van der Waals surface area contributed by atoms with Gasteiger partial charge in [0.25, 0.3) is 0 Å². The molecule has 0 spiro atoms. The molecule has 1 atom stereocenters. The Balaban J connectivity index is 2.29. The lowest BCUT2D eigenvalue weighted by molar-refractivity contribution is 0.424. The van der Waals surface area contributed by atoms with E-state index in [9.17, 15) is 8.42 Å². The van der Waals surface area contributed by atoms with Crippen LogP contribution in [0.1, 0.15) is 43.7 Å². The molecule has 0 aromatic heterocycles. The third-order valence-corrected chi connectivity index (χ3v) is 6.19. The van der Waals surface area contributed by atoms with E-state index in [2.05, 4.69) is 4.72 Å². The maximum atomic E-state index is 12.6. The Hall–Kier alpha value is -1.07. The standard InChI is InChI=1S/C15H24N2O2S/c1-10-8-9-14(16)15(11(10)2)20(18,19)17-12(3)13-6-4-5-7-13/h8-9,12-13,17H,4-7,16H2,1-3H3. The highest BCUT2D eigenvalue weighted by atomic mass is 32.2. The van der Waals surface area contributed by atoms with Gasteiger partial charge in [0.1, 0.15) is 4.90 Å². The molecule has 0 bridgehead atoms. The molecule has 20 heavy (non-hydrogen) atoms. The molecule has 0 heterocycles. The average Bonchev–Trinajstić information content (AvgIpc) is 2.87. The summed E-state index contributed by atoms with van der Waals surface area (Å²) in [6.07, 6.45) is 4.60. The molecule has 5 heteroatoms. The molecule has 0 radical (unpaired) electrons. The van der Waals surface area contributed by atoms with Crippen LogP contribution in [-0.2, 0) is 10.0 Å². The highest BCUT2D eigenvalue weighted by molar-refractivity contribution is 7.89. The van der Waals surface area contributed by atoms with Crippen molar-refractivity contribution < 1.29 is 8.42 Å². The largest absolute Gasteiger partial charge is 0.398 e. The number of nitrogen functional groups attached to an aromatic ring is 1. The summed E-state index contributed by atoms with van der Waals surface area (Å²) < 4.78 is 28.0. The summed E-state index contributed by atoms with van der Waals surface area (Å²) in [6, 6.07) is 3.48. The molecule has 1 aromatic carbocycles. The number of hydrogen-bond donors (Lipinski definition) is 2. The van der Waals surface area contributed by atoms with Crippen LogP contribution in [0.4, 0.5) is 5.69 Å². The van der Waals surface area contributed by atoms with Crippen LogP contribution >= 0.6 is 0 Å². The van der Waals surface area contributed by atoms with Crippen molar-refractivity contribution in [1.29, 1.82) is 0 Å². The molecular formula is C15H24N2O2S. The summed E-state index contributed by atoms with van der Waals surface area (Å²) in [5, 5.41) is 0. The van der Waals surface area contributed by atoms with Crippen LogP contribution in [0.25, 0.3) is 0 Å². The van der Waals surface area contributed by atoms with E-state index in [-0.39, 0.29) is 10.9 Å². The van der Waals surface area contributed by atoms with Gasteiger partial charge in [-0.3, -0.25) is 0 Å². The number of aryl methyl sites for hydroxylation is 1. The van der Waals surface area contributed by atoms with Gasteiger partial charge >= 0.3 is 0 Å². The lowest BCUT2D eigenvalue weighted by atomic mass is 10.0. The quantitative estimate of drug-likeness (QED) is 0.839. The van der Waals surface area contributed by atoms with Gasteiger partial charge in [-0.2, -0.15) is 0 Å². The molecule has 112 valence electrons. The van der Waals surface area contributed by atoms with Gasteiger partial charge in [0.05, 0.1) is 5.69 Å². The molecule has 1 aliphatic carbocycles. The van der Waals surface area contributed by atoms with Crippen LogP contribution in [-0.4, -0.2) is 14.5 Å². The first-order valence-corrected chi connectivity index (χ1v) is 8.69. The maximum absolute atomic E-state index is 12.6. The summed E-state index contributed by atoms with van der Waals surface area (Å²) >= 11 is 0. The highest BCUT2D eigenvalue weighted by Crippen LogP contribution is 2.30. The van der Waals surface area contributed by atoms with Crippen molar-refractivity contribution in [1.82, 2.24) is 4.72 Å². The zero-order valence-electron chi connectivity index (χ0n) is 12.4. The normalized spacial score (nSPS) is 18.4. The van der Waals surface area contributed by atoms with E-state index < -0.39 is 10.0 Å². The molecule has 1 saturated carbocycles. The first kappa shape index (κ1) is 15.3. The fourth-order valence-electron chi connectivity index (χ4n) is 3.03. The number of nitrogens with two attached hydrogens (primary N) is 1. The predicted octanol–water partition coefficient (Wildman–Crippen LogP) is 2.74. The molecule has 0 aliphatic heterocycles. The molecule has 0 amide bonds. The van der Waals surface area contributed by atoms with Crippen LogP contribution in [0, 0.1) is 19.8 Å². The summed E-state index contributed by atoms with van der Waals surface area (Å²) in [5.74, 6) is 0.441. The van der Waals surface area contributed by atoms with Gasteiger partial charge in [0, 0.05) is 6.04 Å². The molecule has 2 rings (SSSR count).